The maximum Gasteiger partial charge on any atom is 0.222 e. The van der Waals surface area contributed by atoms with Crippen LogP contribution in [0.25, 0.3) is 0 Å². The van der Waals surface area contributed by atoms with E-state index in [2.05, 4.69) is 20.9 Å². The molecule has 1 fully saturated rings. The van der Waals surface area contributed by atoms with Gasteiger partial charge in [-0.3, -0.25) is 9.79 Å². The Morgan fingerprint density at radius 1 is 1.26 bits per heavy atom. The zero-order chi connectivity index (χ0) is 19.8. The maximum absolute atomic E-state index is 14.3. The average molecular weight is 378 g/mol. The fourth-order valence-electron chi connectivity index (χ4n) is 2.45. The molecule has 0 aliphatic heterocycles. The Hall–Kier alpha value is -2.31. The number of amides is 1. The monoisotopic (exact) mass is 378 g/mol. The first-order valence-electron chi connectivity index (χ1n) is 9.57. The smallest absolute Gasteiger partial charge is 0.222 e. The van der Waals surface area contributed by atoms with E-state index in [4.69, 9.17) is 4.74 Å². The van der Waals surface area contributed by atoms with E-state index in [9.17, 15) is 9.18 Å². The number of aliphatic imine (C=N–C) groups is 1. The molecule has 0 heterocycles. The van der Waals surface area contributed by atoms with E-state index >= 15 is 0 Å². The summed E-state index contributed by atoms with van der Waals surface area (Å²) < 4.78 is 19.8. The second-order valence-corrected chi connectivity index (χ2v) is 7.25. The van der Waals surface area contributed by atoms with Crippen LogP contribution in [0.15, 0.2) is 23.2 Å². The molecular weight excluding hydrogens is 347 g/mol. The van der Waals surface area contributed by atoms with Crippen LogP contribution in [0.2, 0.25) is 0 Å². The molecule has 7 heteroatoms. The molecular formula is C20H31FN4O2. The lowest BCUT2D eigenvalue weighted by molar-refractivity contribution is -0.123. The summed E-state index contributed by atoms with van der Waals surface area (Å²) in [7, 11) is 1.67. The zero-order valence-electron chi connectivity index (χ0n) is 16.6. The molecule has 1 aromatic rings. The molecule has 1 saturated carbocycles. The van der Waals surface area contributed by atoms with Crippen molar-refractivity contribution in [1.82, 2.24) is 16.0 Å². The molecule has 1 aliphatic rings. The quantitative estimate of drug-likeness (QED) is 0.351. The van der Waals surface area contributed by atoms with Gasteiger partial charge in [0.25, 0.3) is 0 Å². The highest BCUT2D eigenvalue weighted by Crippen LogP contribution is 2.30. The fourth-order valence-corrected chi connectivity index (χ4v) is 2.45. The Morgan fingerprint density at radius 3 is 2.56 bits per heavy atom. The predicted octanol–water partition coefficient (Wildman–Crippen LogP) is 2.61. The highest BCUT2D eigenvalue weighted by Gasteiger charge is 2.22. The first-order valence-corrected chi connectivity index (χ1v) is 9.57. The minimum absolute atomic E-state index is 0.0209. The molecule has 0 spiro atoms. The van der Waals surface area contributed by atoms with Crippen molar-refractivity contribution in [2.24, 2.45) is 16.8 Å². The van der Waals surface area contributed by atoms with Crippen LogP contribution in [0.3, 0.4) is 0 Å². The van der Waals surface area contributed by atoms with Crippen molar-refractivity contribution in [3.05, 3.63) is 29.6 Å². The molecule has 1 aliphatic carbocycles. The lowest BCUT2D eigenvalue weighted by Crippen LogP contribution is -2.42. The minimum atomic E-state index is -0.346. The van der Waals surface area contributed by atoms with Crippen molar-refractivity contribution in [3.8, 4) is 5.75 Å². The zero-order valence-corrected chi connectivity index (χ0v) is 16.6. The number of ether oxygens (including phenoxy) is 1. The first-order chi connectivity index (χ1) is 12.9. The van der Waals surface area contributed by atoms with Crippen molar-refractivity contribution in [3.63, 3.8) is 0 Å². The van der Waals surface area contributed by atoms with E-state index in [0.717, 1.165) is 5.56 Å². The second kappa shape index (κ2) is 10.1. The highest BCUT2D eigenvalue weighted by molar-refractivity contribution is 5.80. The van der Waals surface area contributed by atoms with Crippen LogP contribution in [-0.2, 0) is 4.79 Å². The fraction of sp³-hybridized carbons (Fsp3) is 0.600. The molecule has 27 heavy (non-hydrogen) atoms. The van der Waals surface area contributed by atoms with E-state index in [-0.39, 0.29) is 23.7 Å². The molecule has 1 unspecified atom stereocenters. The predicted molar refractivity (Wildman–Crippen MR) is 105 cm³/mol. The van der Waals surface area contributed by atoms with Gasteiger partial charge in [-0.25, -0.2) is 4.39 Å². The Labute approximate surface area is 161 Å². The van der Waals surface area contributed by atoms with Gasteiger partial charge in [-0.2, -0.15) is 0 Å². The average Bonchev–Trinajstić information content (AvgIpc) is 3.47. The number of benzene rings is 1. The number of nitrogens with zero attached hydrogens (tertiary/aromatic N) is 1. The summed E-state index contributed by atoms with van der Waals surface area (Å²) >= 11 is 0. The summed E-state index contributed by atoms with van der Waals surface area (Å²) in [5.41, 5.74) is 0.808. The van der Waals surface area contributed by atoms with Crippen molar-refractivity contribution >= 4 is 11.9 Å². The number of halogens is 1. The first kappa shape index (κ1) is 21.0. The van der Waals surface area contributed by atoms with Crippen molar-refractivity contribution in [1.29, 1.82) is 0 Å². The standard InChI is InChI=1S/C20H31FN4O2/c1-13(2)19(26)23-9-10-24-20(22-4)25-14(3)16-7-8-18(17(21)11-16)27-12-15-5-6-15/h7-8,11,13-15H,5-6,9-10,12H2,1-4H3,(H,23,26)(H2,22,24,25). The van der Waals surface area contributed by atoms with Crippen molar-refractivity contribution < 1.29 is 13.9 Å². The number of hydrogen-bond acceptors (Lipinski definition) is 3. The van der Waals surface area contributed by atoms with Gasteiger partial charge >= 0.3 is 0 Å². The minimum Gasteiger partial charge on any atom is -0.490 e. The Bertz CT molecular complexity index is 659. The third kappa shape index (κ3) is 7.07. The van der Waals surface area contributed by atoms with E-state index in [1.165, 1.54) is 18.9 Å². The molecule has 1 aromatic carbocycles. The Morgan fingerprint density at radius 2 is 1.96 bits per heavy atom. The van der Waals surface area contributed by atoms with Crippen molar-refractivity contribution in [2.75, 3.05) is 26.7 Å². The molecule has 0 radical (unpaired) electrons. The molecule has 0 saturated heterocycles. The number of guanidine groups is 1. The summed E-state index contributed by atoms with van der Waals surface area (Å²) in [5, 5.41) is 9.19. The van der Waals surface area contributed by atoms with Crippen LogP contribution in [0.5, 0.6) is 5.75 Å². The van der Waals surface area contributed by atoms with E-state index < -0.39 is 0 Å². The summed E-state index contributed by atoms with van der Waals surface area (Å²) in [6.07, 6.45) is 2.35. The summed E-state index contributed by atoms with van der Waals surface area (Å²) in [4.78, 5) is 15.7. The van der Waals surface area contributed by atoms with Gasteiger partial charge in [0.05, 0.1) is 12.6 Å². The van der Waals surface area contributed by atoms with E-state index in [0.29, 0.717) is 37.3 Å². The summed E-state index contributed by atoms with van der Waals surface area (Å²) in [5.74, 6) is 1.13. The van der Waals surface area contributed by atoms with Crippen LogP contribution in [0.1, 0.15) is 45.2 Å². The number of carbonyl (C=O) groups is 1. The molecule has 2 rings (SSSR count). The normalized spacial score (nSPS) is 15.4. The van der Waals surface area contributed by atoms with E-state index in [1.54, 1.807) is 13.1 Å². The van der Waals surface area contributed by atoms with Gasteiger partial charge < -0.3 is 20.7 Å². The van der Waals surface area contributed by atoms with Crippen LogP contribution in [-0.4, -0.2) is 38.6 Å². The molecule has 3 N–H and O–H groups in total. The third-order valence-electron chi connectivity index (χ3n) is 4.45. The van der Waals surface area contributed by atoms with Gasteiger partial charge in [-0.05, 0) is 43.4 Å². The topological polar surface area (TPSA) is 74.8 Å². The second-order valence-electron chi connectivity index (χ2n) is 7.25. The Kier molecular flexibility index (Phi) is 7.88. The number of nitrogens with one attached hydrogen (secondary N) is 3. The van der Waals surface area contributed by atoms with Gasteiger partial charge in [0.1, 0.15) is 0 Å². The van der Waals surface area contributed by atoms with Gasteiger partial charge in [-0.15, -0.1) is 0 Å². The highest BCUT2D eigenvalue weighted by atomic mass is 19.1. The van der Waals surface area contributed by atoms with E-state index in [1.807, 2.05) is 26.8 Å². The number of hydrogen-bond donors (Lipinski definition) is 3. The van der Waals surface area contributed by atoms with Crippen molar-refractivity contribution in [2.45, 2.75) is 39.7 Å². The lowest BCUT2D eigenvalue weighted by Gasteiger charge is -2.19. The largest absolute Gasteiger partial charge is 0.490 e. The molecule has 0 bridgehead atoms. The van der Waals surface area contributed by atoms with Gasteiger partial charge in [-0.1, -0.05) is 19.9 Å². The summed E-state index contributed by atoms with van der Waals surface area (Å²) in [6, 6.07) is 4.91. The van der Waals surface area contributed by atoms with Gasteiger partial charge in [0, 0.05) is 26.1 Å². The molecule has 0 aromatic heterocycles. The van der Waals surface area contributed by atoms with Crippen LogP contribution >= 0.6 is 0 Å². The molecule has 6 nitrogen and oxygen atoms in total. The Balaban J connectivity index is 1.80. The molecule has 150 valence electrons. The molecule has 1 amide bonds. The maximum atomic E-state index is 14.3. The van der Waals surface area contributed by atoms with Gasteiger partial charge in [0.15, 0.2) is 17.5 Å². The van der Waals surface area contributed by atoms with Crippen LogP contribution in [0, 0.1) is 17.7 Å². The van der Waals surface area contributed by atoms with Crippen LogP contribution in [0.4, 0.5) is 4.39 Å². The lowest BCUT2D eigenvalue weighted by atomic mass is 10.1. The summed E-state index contributed by atoms with van der Waals surface area (Å²) in [6.45, 7) is 7.29. The van der Waals surface area contributed by atoms with Gasteiger partial charge in [0.2, 0.25) is 5.91 Å². The third-order valence-corrected chi connectivity index (χ3v) is 4.45. The molecule has 1 atom stereocenters. The SMILES string of the molecule is CN=C(NCCNC(=O)C(C)C)NC(C)c1ccc(OCC2CC2)c(F)c1. The van der Waals surface area contributed by atoms with Crippen LogP contribution < -0.4 is 20.7 Å². The number of carbonyl (C=O) groups excluding carboxylic acids is 1. The number of rotatable bonds is 9.